The van der Waals surface area contributed by atoms with Crippen LogP contribution in [0.3, 0.4) is 0 Å². The third-order valence-electron chi connectivity index (χ3n) is 7.10. The summed E-state index contributed by atoms with van der Waals surface area (Å²) < 4.78 is 13.2. The van der Waals surface area contributed by atoms with Gasteiger partial charge in [-0.2, -0.15) is 0 Å². The molecular weight excluding hydrogens is 381 g/mol. The van der Waals surface area contributed by atoms with Crippen molar-refractivity contribution in [1.82, 2.24) is 5.32 Å². The number of fused-ring (bicyclic) bond motifs is 3. The predicted molar refractivity (Wildman–Crippen MR) is 121 cm³/mol. The molecule has 3 heterocycles. The van der Waals surface area contributed by atoms with E-state index in [1.807, 2.05) is 23.9 Å². The van der Waals surface area contributed by atoms with Crippen LogP contribution in [0.5, 0.6) is 0 Å². The van der Waals surface area contributed by atoms with Crippen LogP contribution in [-0.4, -0.2) is 44.5 Å². The Morgan fingerprint density at radius 1 is 1.24 bits per heavy atom. The Morgan fingerprint density at radius 3 is 2.97 bits per heavy atom. The lowest BCUT2D eigenvalue weighted by atomic mass is 9.74. The molecule has 154 valence electrons. The molecule has 0 saturated carbocycles. The number of hydrogen-bond donors (Lipinski definition) is 1. The van der Waals surface area contributed by atoms with Crippen LogP contribution in [0.4, 0.5) is 15.8 Å². The second kappa shape index (κ2) is 7.84. The number of hydrogen-bond acceptors (Lipinski definition) is 4. The van der Waals surface area contributed by atoms with Gasteiger partial charge in [0.25, 0.3) is 0 Å². The van der Waals surface area contributed by atoms with Crippen LogP contribution < -0.4 is 15.1 Å². The maximum Gasteiger partial charge on any atom is 0.123 e. The molecule has 3 aliphatic rings. The maximum atomic E-state index is 13.2. The van der Waals surface area contributed by atoms with Gasteiger partial charge in [-0.05, 0) is 73.9 Å². The van der Waals surface area contributed by atoms with Crippen molar-refractivity contribution in [3.63, 3.8) is 0 Å². The van der Waals surface area contributed by atoms with E-state index in [4.69, 9.17) is 0 Å². The summed E-state index contributed by atoms with van der Waals surface area (Å²) in [6.45, 7) is 4.38. The highest BCUT2D eigenvalue weighted by Crippen LogP contribution is 2.56. The molecule has 2 aromatic rings. The molecule has 0 bridgehead atoms. The molecule has 29 heavy (non-hydrogen) atoms. The summed E-state index contributed by atoms with van der Waals surface area (Å²) in [5.74, 6) is 1.64. The minimum Gasteiger partial charge on any atom is -0.375 e. The molecule has 0 aromatic heterocycles. The third-order valence-corrected chi connectivity index (χ3v) is 8.23. The van der Waals surface area contributed by atoms with Gasteiger partial charge in [-0.1, -0.05) is 12.1 Å². The van der Waals surface area contributed by atoms with Gasteiger partial charge in [0.05, 0.1) is 5.69 Å². The van der Waals surface area contributed by atoms with Crippen molar-refractivity contribution in [3.8, 4) is 0 Å². The van der Waals surface area contributed by atoms with E-state index in [1.165, 1.54) is 42.1 Å². The fourth-order valence-electron chi connectivity index (χ4n) is 5.71. The maximum absolute atomic E-state index is 13.2. The average Bonchev–Trinajstić information content (AvgIpc) is 2.86. The van der Waals surface area contributed by atoms with Crippen LogP contribution in [0.25, 0.3) is 0 Å². The van der Waals surface area contributed by atoms with E-state index in [1.54, 1.807) is 17.7 Å². The molecule has 0 spiro atoms. The standard InChI is InChI=1S/C24H30FN3S/c1-27(19-9-7-18(25)8-10-19)14-3-11-24-12-13-26-17-21(24)20-5-2-6-22-23(20)28(24)15-4-16-29-22/h2,5-10,21,26H,3-4,11-17H2,1H3/t21-,24-/m0/s1. The highest BCUT2D eigenvalue weighted by molar-refractivity contribution is 7.99. The van der Waals surface area contributed by atoms with Crippen LogP contribution in [0.2, 0.25) is 0 Å². The SMILES string of the molecule is CN(CCC[C@]12CCNC[C@H]1c1cccc3c1N2CCCS3)c1ccc(F)cc1. The quantitative estimate of drug-likeness (QED) is 0.756. The Morgan fingerprint density at radius 2 is 2.10 bits per heavy atom. The molecule has 3 nitrogen and oxygen atoms in total. The van der Waals surface area contributed by atoms with E-state index in [2.05, 4.69) is 40.4 Å². The summed E-state index contributed by atoms with van der Waals surface area (Å²) in [5, 5.41) is 3.67. The van der Waals surface area contributed by atoms with Gasteiger partial charge in [0.2, 0.25) is 0 Å². The summed E-state index contributed by atoms with van der Waals surface area (Å²) in [5.41, 5.74) is 4.44. The Labute approximate surface area is 177 Å². The molecule has 0 aliphatic carbocycles. The van der Waals surface area contributed by atoms with Gasteiger partial charge in [-0.15, -0.1) is 11.8 Å². The molecule has 2 atom stereocenters. The largest absolute Gasteiger partial charge is 0.375 e. The van der Waals surface area contributed by atoms with Crippen LogP contribution >= 0.6 is 11.8 Å². The van der Waals surface area contributed by atoms with Gasteiger partial charge in [-0.25, -0.2) is 4.39 Å². The van der Waals surface area contributed by atoms with E-state index in [0.29, 0.717) is 5.92 Å². The molecular formula is C24H30FN3S. The molecule has 1 saturated heterocycles. The molecule has 1 N–H and O–H groups in total. The highest BCUT2D eigenvalue weighted by atomic mass is 32.2. The fourth-order valence-corrected chi connectivity index (χ4v) is 6.74. The smallest absolute Gasteiger partial charge is 0.123 e. The third kappa shape index (κ3) is 3.32. The number of para-hydroxylation sites is 1. The first-order valence-electron chi connectivity index (χ1n) is 10.9. The van der Waals surface area contributed by atoms with Crippen LogP contribution in [0.1, 0.15) is 37.2 Å². The zero-order chi connectivity index (χ0) is 19.8. The monoisotopic (exact) mass is 411 g/mol. The molecule has 0 radical (unpaired) electrons. The Kier molecular flexibility index (Phi) is 5.21. The lowest BCUT2D eigenvalue weighted by molar-refractivity contribution is 0.245. The normalized spacial score (nSPS) is 25.3. The molecule has 0 amide bonds. The molecule has 0 unspecified atom stereocenters. The summed E-state index contributed by atoms with van der Waals surface area (Å²) in [6, 6.07) is 13.8. The summed E-state index contributed by atoms with van der Waals surface area (Å²) in [4.78, 5) is 6.55. The summed E-state index contributed by atoms with van der Waals surface area (Å²) in [7, 11) is 2.12. The number of thioether (sulfide) groups is 1. The Hall–Kier alpha value is -1.72. The number of halogens is 1. The first-order chi connectivity index (χ1) is 14.2. The Balaban J connectivity index is 1.38. The predicted octanol–water partition coefficient (Wildman–Crippen LogP) is 4.87. The van der Waals surface area contributed by atoms with Crippen molar-refractivity contribution in [1.29, 1.82) is 0 Å². The number of rotatable bonds is 5. The molecule has 5 heteroatoms. The molecule has 2 aromatic carbocycles. The lowest BCUT2D eigenvalue weighted by Crippen LogP contribution is -2.56. The topological polar surface area (TPSA) is 18.5 Å². The van der Waals surface area contributed by atoms with Gasteiger partial charge in [-0.3, -0.25) is 0 Å². The number of anilines is 2. The van der Waals surface area contributed by atoms with Crippen molar-refractivity contribution in [2.45, 2.75) is 42.0 Å². The number of piperidine rings is 1. The van der Waals surface area contributed by atoms with Crippen LogP contribution in [0.15, 0.2) is 47.4 Å². The van der Waals surface area contributed by atoms with E-state index < -0.39 is 0 Å². The molecule has 1 fully saturated rings. The van der Waals surface area contributed by atoms with Crippen molar-refractivity contribution in [3.05, 3.63) is 53.8 Å². The van der Waals surface area contributed by atoms with Gasteiger partial charge in [0.1, 0.15) is 5.82 Å². The highest BCUT2D eigenvalue weighted by Gasteiger charge is 2.52. The number of nitrogens with zero attached hydrogens (tertiary/aromatic N) is 2. The first kappa shape index (κ1) is 19.3. The number of nitrogens with one attached hydrogen (secondary N) is 1. The average molecular weight is 412 g/mol. The van der Waals surface area contributed by atoms with E-state index in [0.717, 1.165) is 31.7 Å². The van der Waals surface area contributed by atoms with E-state index >= 15 is 0 Å². The van der Waals surface area contributed by atoms with Gasteiger partial charge in [0.15, 0.2) is 0 Å². The summed E-state index contributed by atoms with van der Waals surface area (Å²) >= 11 is 2.04. The van der Waals surface area contributed by atoms with Crippen molar-refractivity contribution >= 4 is 23.1 Å². The Bertz CT molecular complexity index is 871. The summed E-state index contributed by atoms with van der Waals surface area (Å²) in [6.07, 6.45) is 4.84. The minimum atomic E-state index is -0.169. The van der Waals surface area contributed by atoms with Crippen molar-refractivity contribution in [2.24, 2.45) is 0 Å². The zero-order valence-electron chi connectivity index (χ0n) is 17.2. The van der Waals surface area contributed by atoms with Gasteiger partial charge < -0.3 is 15.1 Å². The molecule has 5 rings (SSSR count). The lowest BCUT2D eigenvalue weighted by Gasteiger charge is -2.47. The second-order valence-electron chi connectivity index (χ2n) is 8.66. The van der Waals surface area contributed by atoms with Gasteiger partial charge >= 0.3 is 0 Å². The van der Waals surface area contributed by atoms with Gasteiger partial charge in [0, 0.05) is 48.7 Å². The fraction of sp³-hybridized carbons (Fsp3) is 0.500. The number of benzene rings is 2. The molecule has 3 aliphatic heterocycles. The van der Waals surface area contributed by atoms with Crippen LogP contribution in [-0.2, 0) is 0 Å². The van der Waals surface area contributed by atoms with E-state index in [9.17, 15) is 4.39 Å². The minimum absolute atomic E-state index is 0.169. The van der Waals surface area contributed by atoms with E-state index in [-0.39, 0.29) is 11.4 Å². The second-order valence-corrected chi connectivity index (χ2v) is 9.80. The van der Waals surface area contributed by atoms with Crippen molar-refractivity contribution < 1.29 is 4.39 Å². The zero-order valence-corrected chi connectivity index (χ0v) is 18.0. The first-order valence-corrected chi connectivity index (χ1v) is 11.9. The van der Waals surface area contributed by atoms with Crippen molar-refractivity contribution in [2.75, 3.05) is 48.8 Å². The van der Waals surface area contributed by atoms with Crippen LogP contribution in [0, 0.1) is 5.82 Å².